The van der Waals surface area contributed by atoms with Gasteiger partial charge in [0.2, 0.25) is 0 Å². The molecule has 2 atom stereocenters. The molecule has 2 rings (SSSR count). The van der Waals surface area contributed by atoms with Crippen LogP contribution in [-0.2, 0) is 6.42 Å². The van der Waals surface area contributed by atoms with E-state index in [-0.39, 0.29) is 6.61 Å². The van der Waals surface area contributed by atoms with E-state index in [2.05, 4.69) is 29.6 Å². The van der Waals surface area contributed by atoms with Crippen molar-refractivity contribution in [1.82, 2.24) is 0 Å². The maximum atomic E-state index is 9.36. The molecule has 0 aliphatic heterocycles. The largest absolute Gasteiger partial charge is 0.393 e. The molecule has 3 heteroatoms. The number of aryl methyl sites for hydroxylation is 1. The van der Waals surface area contributed by atoms with Crippen LogP contribution in [0, 0.1) is 0 Å². The van der Waals surface area contributed by atoms with Crippen LogP contribution in [0.5, 0.6) is 0 Å². The standard InChI is InChI=1S/C13H19NO2/c15-9-11(16)8-14-13-7-3-5-10-4-1-2-6-12(10)13/h1-2,4,6,11,13-16H,3,5,7-9H2/p+1/t11-,13-/m0/s1. The van der Waals surface area contributed by atoms with Crippen LogP contribution < -0.4 is 5.32 Å². The second-order valence-corrected chi connectivity index (χ2v) is 4.51. The van der Waals surface area contributed by atoms with Crippen LogP contribution in [0.15, 0.2) is 24.3 Å². The molecule has 0 unspecified atom stereocenters. The Labute approximate surface area is 96.1 Å². The second-order valence-electron chi connectivity index (χ2n) is 4.51. The minimum atomic E-state index is -0.603. The van der Waals surface area contributed by atoms with Crippen molar-refractivity contribution in [2.75, 3.05) is 13.2 Å². The topological polar surface area (TPSA) is 57.1 Å². The molecule has 0 saturated carbocycles. The number of hydrogen-bond donors (Lipinski definition) is 3. The van der Waals surface area contributed by atoms with Gasteiger partial charge in [0.05, 0.1) is 6.61 Å². The number of fused-ring (bicyclic) bond motifs is 1. The Morgan fingerprint density at radius 2 is 2.19 bits per heavy atom. The van der Waals surface area contributed by atoms with Crippen molar-refractivity contribution in [2.24, 2.45) is 0 Å². The first-order chi connectivity index (χ1) is 7.81. The molecule has 1 aromatic rings. The predicted molar refractivity (Wildman–Crippen MR) is 62.0 cm³/mol. The molecule has 16 heavy (non-hydrogen) atoms. The predicted octanol–water partition coefficient (Wildman–Crippen LogP) is -0.0194. The van der Waals surface area contributed by atoms with Crippen LogP contribution in [0.1, 0.15) is 30.0 Å². The number of benzene rings is 1. The molecule has 0 aromatic heterocycles. The third-order valence-electron chi connectivity index (χ3n) is 3.32. The Kier molecular flexibility index (Phi) is 3.93. The summed E-state index contributed by atoms with van der Waals surface area (Å²) in [7, 11) is 0. The van der Waals surface area contributed by atoms with Gasteiger partial charge in [-0.3, -0.25) is 0 Å². The van der Waals surface area contributed by atoms with E-state index in [0.29, 0.717) is 12.6 Å². The van der Waals surface area contributed by atoms with Crippen LogP contribution in [0.2, 0.25) is 0 Å². The van der Waals surface area contributed by atoms with Crippen LogP contribution in [0.4, 0.5) is 0 Å². The van der Waals surface area contributed by atoms with Crippen LogP contribution in [0.25, 0.3) is 0 Å². The van der Waals surface area contributed by atoms with Gasteiger partial charge in [-0.25, -0.2) is 0 Å². The average molecular weight is 222 g/mol. The molecule has 0 saturated heterocycles. The van der Waals surface area contributed by atoms with Crippen molar-refractivity contribution in [3.8, 4) is 0 Å². The summed E-state index contributed by atoms with van der Waals surface area (Å²) in [5.74, 6) is 0. The third kappa shape index (κ3) is 2.61. The van der Waals surface area contributed by atoms with Gasteiger partial charge < -0.3 is 15.5 Å². The van der Waals surface area contributed by atoms with Crippen LogP contribution in [0.3, 0.4) is 0 Å². The molecule has 0 bridgehead atoms. The maximum absolute atomic E-state index is 9.36. The molecule has 0 spiro atoms. The smallest absolute Gasteiger partial charge is 0.126 e. The fraction of sp³-hybridized carbons (Fsp3) is 0.538. The second kappa shape index (κ2) is 5.43. The first kappa shape index (κ1) is 11.6. The van der Waals surface area contributed by atoms with Crippen molar-refractivity contribution >= 4 is 0 Å². The fourth-order valence-electron chi connectivity index (χ4n) is 2.43. The van der Waals surface area contributed by atoms with Gasteiger partial charge in [0, 0.05) is 12.0 Å². The molecule has 0 amide bonds. The summed E-state index contributed by atoms with van der Waals surface area (Å²) in [6.07, 6.45) is 2.94. The highest BCUT2D eigenvalue weighted by molar-refractivity contribution is 5.30. The summed E-state index contributed by atoms with van der Waals surface area (Å²) >= 11 is 0. The molecule has 88 valence electrons. The van der Waals surface area contributed by atoms with E-state index in [1.165, 1.54) is 24.0 Å². The molecule has 1 aliphatic rings. The summed E-state index contributed by atoms with van der Waals surface area (Å²) in [6.45, 7) is 0.431. The minimum absolute atomic E-state index is 0.148. The maximum Gasteiger partial charge on any atom is 0.126 e. The summed E-state index contributed by atoms with van der Waals surface area (Å²) in [5, 5.41) is 20.3. The van der Waals surface area contributed by atoms with Crippen LogP contribution in [-0.4, -0.2) is 29.5 Å². The minimum Gasteiger partial charge on any atom is -0.393 e. The van der Waals surface area contributed by atoms with Gasteiger partial charge in [-0.05, 0) is 18.4 Å². The highest BCUT2D eigenvalue weighted by Gasteiger charge is 2.22. The molecule has 0 radical (unpaired) electrons. The van der Waals surface area contributed by atoms with E-state index in [0.717, 1.165) is 6.42 Å². The lowest BCUT2D eigenvalue weighted by Crippen LogP contribution is -2.87. The number of aliphatic hydroxyl groups excluding tert-OH is 2. The summed E-state index contributed by atoms with van der Waals surface area (Å²) in [4.78, 5) is 0. The lowest BCUT2D eigenvalue weighted by molar-refractivity contribution is -0.702. The SMILES string of the molecule is OC[C@@H](O)C[NH2+][C@H]1CCCc2ccccc21. The number of rotatable bonds is 4. The first-order valence-electron chi connectivity index (χ1n) is 6.01. The molecular weight excluding hydrogens is 202 g/mol. The van der Waals surface area contributed by atoms with E-state index in [9.17, 15) is 5.11 Å². The summed E-state index contributed by atoms with van der Waals surface area (Å²) < 4.78 is 0. The zero-order valence-electron chi connectivity index (χ0n) is 9.47. The van der Waals surface area contributed by atoms with Crippen LogP contribution >= 0.6 is 0 Å². The van der Waals surface area contributed by atoms with E-state index >= 15 is 0 Å². The summed E-state index contributed by atoms with van der Waals surface area (Å²) in [5.41, 5.74) is 2.84. The molecule has 4 N–H and O–H groups in total. The van der Waals surface area contributed by atoms with Gasteiger partial charge in [0.15, 0.2) is 0 Å². The van der Waals surface area contributed by atoms with Gasteiger partial charge in [-0.15, -0.1) is 0 Å². The van der Waals surface area contributed by atoms with Gasteiger partial charge in [0.1, 0.15) is 18.7 Å². The molecule has 1 aromatic carbocycles. The number of nitrogens with two attached hydrogens (primary N) is 1. The van der Waals surface area contributed by atoms with E-state index in [1.807, 2.05) is 0 Å². The number of aliphatic hydroxyl groups is 2. The van der Waals surface area contributed by atoms with Gasteiger partial charge in [-0.2, -0.15) is 0 Å². The quantitative estimate of drug-likeness (QED) is 0.670. The van der Waals surface area contributed by atoms with E-state index in [1.54, 1.807) is 0 Å². The van der Waals surface area contributed by atoms with Gasteiger partial charge in [-0.1, -0.05) is 24.3 Å². The first-order valence-corrected chi connectivity index (χ1v) is 6.01. The lowest BCUT2D eigenvalue weighted by Gasteiger charge is -2.24. The zero-order valence-corrected chi connectivity index (χ0v) is 9.47. The lowest BCUT2D eigenvalue weighted by atomic mass is 9.88. The molecular formula is C13H20NO2+. The van der Waals surface area contributed by atoms with Crippen molar-refractivity contribution in [3.63, 3.8) is 0 Å². The van der Waals surface area contributed by atoms with Crippen molar-refractivity contribution in [3.05, 3.63) is 35.4 Å². The molecule has 0 heterocycles. The normalized spacial score (nSPS) is 21.5. The Balaban J connectivity index is 2.01. The Bertz CT molecular complexity index is 340. The fourth-order valence-corrected chi connectivity index (χ4v) is 2.43. The number of quaternary nitrogens is 1. The highest BCUT2D eigenvalue weighted by atomic mass is 16.3. The van der Waals surface area contributed by atoms with Gasteiger partial charge >= 0.3 is 0 Å². The monoisotopic (exact) mass is 222 g/mol. The van der Waals surface area contributed by atoms with Crippen molar-refractivity contribution in [1.29, 1.82) is 0 Å². The van der Waals surface area contributed by atoms with E-state index in [4.69, 9.17) is 5.11 Å². The molecule has 3 nitrogen and oxygen atoms in total. The third-order valence-corrected chi connectivity index (χ3v) is 3.32. The summed E-state index contributed by atoms with van der Waals surface area (Å²) in [6, 6.07) is 8.99. The zero-order chi connectivity index (χ0) is 11.4. The molecule has 1 aliphatic carbocycles. The molecule has 0 fully saturated rings. The average Bonchev–Trinajstić information content (AvgIpc) is 2.35. The Morgan fingerprint density at radius 3 is 3.00 bits per heavy atom. The Hall–Kier alpha value is -0.900. The van der Waals surface area contributed by atoms with Gasteiger partial charge in [0.25, 0.3) is 0 Å². The number of hydrogen-bond acceptors (Lipinski definition) is 2. The van der Waals surface area contributed by atoms with E-state index < -0.39 is 6.10 Å². The Morgan fingerprint density at radius 1 is 1.38 bits per heavy atom. The highest BCUT2D eigenvalue weighted by Crippen LogP contribution is 2.26. The van der Waals surface area contributed by atoms with Crippen molar-refractivity contribution < 1.29 is 15.5 Å². The van der Waals surface area contributed by atoms with Crippen molar-refractivity contribution in [2.45, 2.75) is 31.4 Å².